The number of rotatable bonds is 8. The van der Waals surface area contributed by atoms with Crippen molar-refractivity contribution in [1.29, 1.82) is 0 Å². The minimum absolute atomic E-state index is 0.298. The second-order valence-electron chi connectivity index (χ2n) is 5.36. The van der Waals surface area contributed by atoms with E-state index in [0.29, 0.717) is 12.4 Å². The monoisotopic (exact) mass is 284 g/mol. The lowest BCUT2D eigenvalue weighted by atomic mass is 10.0. The SMILES string of the molecule is CCCCCCOCc1ccc(-c2ccc(O)cc2)cc1. The first-order chi connectivity index (χ1) is 10.3. The molecule has 0 heterocycles. The number of aromatic hydroxyl groups is 1. The van der Waals surface area contributed by atoms with Gasteiger partial charge in [-0.05, 0) is 35.2 Å². The molecule has 0 atom stereocenters. The van der Waals surface area contributed by atoms with Crippen LogP contribution in [0.5, 0.6) is 5.75 Å². The van der Waals surface area contributed by atoms with Gasteiger partial charge in [0, 0.05) is 6.61 Å². The molecule has 0 aliphatic heterocycles. The summed E-state index contributed by atoms with van der Waals surface area (Å²) in [5.74, 6) is 0.298. The van der Waals surface area contributed by atoms with Crippen molar-refractivity contribution in [3.05, 3.63) is 54.1 Å². The minimum atomic E-state index is 0.298. The molecule has 0 unspecified atom stereocenters. The van der Waals surface area contributed by atoms with E-state index in [0.717, 1.165) is 24.2 Å². The zero-order chi connectivity index (χ0) is 14.9. The maximum Gasteiger partial charge on any atom is 0.115 e. The molecule has 0 aliphatic rings. The van der Waals surface area contributed by atoms with Crippen molar-refractivity contribution >= 4 is 0 Å². The highest BCUT2D eigenvalue weighted by atomic mass is 16.5. The maximum atomic E-state index is 9.31. The van der Waals surface area contributed by atoms with Crippen LogP contribution in [0, 0.1) is 0 Å². The molecule has 0 spiro atoms. The molecule has 0 aromatic heterocycles. The van der Waals surface area contributed by atoms with Gasteiger partial charge in [0.05, 0.1) is 6.61 Å². The Bertz CT molecular complexity index is 514. The van der Waals surface area contributed by atoms with Crippen LogP contribution < -0.4 is 0 Å². The highest BCUT2D eigenvalue weighted by molar-refractivity contribution is 5.64. The normalized spacial score (nSPS) is 10.7. The Balaban J connectivity index is 1.80. The number of unbranched alkanes of at least 4 members (excludes halogenated alkanes) is 3. The number of hydrogen-bond donors (Lipinski definition) is 1. The molecule has 0 saturated carbocycles. The van der Waals surface area contributed by atoms with Crippen molar-refractivity contribution in [2.45, 2.75) is 39.2 Å². The summed E-state index contributed by atoms with van der Waals surface area (Å²) in [4.78, 5) is 0. The summed E-state index contributed by atoms with van der Waals surface area (Å²) in [6, 6.07) is 15.7. The van der Waals surface area contributed by atoms with Gasteiger partial charge in [-0.15, -0.1) is 0 Å². The van der Waals surface area contributed by atoms with E-state index in [9.17, 15) is 5.11 Å². The molecule has 2 rings (SSSR count). The Labute approximate surface area is 127 Å². The van der Waals surface area contributed by atoms with Crippen LogP contribution in [0.1, 0.15) is 38.2 Å². The minimum Gasteiger partial charge on any atom is -0.508 e. The predicted molar refractivity (Wildman–Crippen MR) is 87.3 cm³/mol. The van der Waals surface area contributed by atoms with Gasteiger partial charge in [0.1, 0.15) is 5.75 Å². The number of hydrogen-bond acceptors (Lipinski definition) is 2. The fourth-order valence-corrected chi connectivity index (χ4v) is 2.27. The fraction of sp³-hybridized carbons (Fsp3) is 0.368. The summed E-state index contributed by atoms with van der Waals surface area (Å²) in [5, 5.41) is 9.31. The molecular weight excluding hydrogens is 260 g/mol. The van der Waals surface area contributed by atoms with Crippen LogP contribution in [0.15, 0.2) is 48.5 Å². The van der Waals surface area contributed by atoms with Crippen LogP contribution in [0.25, 0.3) is 11.1 Å². The van der Waals surface area contributed by atoms with Gasteiger partial charge in [-0.1, -0.05) is 62.6 Å². The number of phenolic OH excluding ortho intramolecular Hbond substituents is 1. The topological polar surface area (TPSA) is 29.5 Å². The highest BCUT2D eigenvalue weighted by Gasteiger charge is 1.99. The van der Waals surface area contributed by atoms with E-state index in [4.69, 9.17) is 4.74 Å². The zero-order valence-electron chi connectivity index (χ0n) is 12.7. The predicted octanol–water partition coefficient (Wildman–Crippen LogP) is 5.16. The van der Waals surface area contributed by atoms with E-state index in [1.54, 1.807) is 12.1 Å². The molecule has 1 N–H and O–H groups in total. The van der Waals surface area contributed by atoms with Gasteiger partial charge in [0.2, 0.25) is 0 Å². The smallest absolute Gasteiger partial charge is 0.115 e. The van der Waals surface area contributed by atoms with Gasteiger partial charge in [0.25, 0.3) is 0 Å². The van der Waals surface area contributed by atoms with Crippen LogP contribution >= 0.6 is 0 Å². The van der Waals surface area contributed by atoms with E-state index in [1.165, 1.54) is 24.8 Å². The Morgan fingerprint density at radius 2 is 1.43 bits per heavy atom. The van der Waals surface area contributed by atoms with Crippen molar-refractivity contribution in [2.24, 2.45) is 0 Å². The molecule has 0 fully saturated rings. The Morgan fingerprint density at radius 1 is 0.810 bits per heavy atom. The Morgan fingerprint density at radius 3 is 2.05 bits per heavy atom. The third-order valence-corrected chi connectivity index (χ3v) is 3.57. The van der Waals surface area contributed by atoms with Crippen molar-refractivity contribution in [3.63, 3.8) is 0 Å². The van der Waals surface area contributed by atoms with Gasteiger partial charge in [-0.2, -0.15) is 0 Å². The van der Waals surface area contributed by atoms with Crippen molar-refractivity contribution < 1.29 is 9.84 Å². The van der Waals surface area contributed by atoms with E-state index >= 15 is 0 Å². The summed E-state index contributed by atoms with van der Waals surface area (Å²) in [6.45, 7) is 3.75. The number of benzene rings is 2. The molecule has 112 valence electrons. The third-order valence-electron chi connectivity index (χ3n) is 3.57. The average Bonchev–Trinajstić information content (AvgIpc) is 2.52. The number of ether oxygens (including phenoxy) is 1. The van der Waals surface area contributed by atoms with Crippen LogP contribution in [0.3, 0.4) is 0 Å². The summed E-state index contributed by atoms with van der Waals surface area (Å²) in [7, 11) is 0. The van der Waals surface area contributed by atoms with E-state index < -0.39 is 0 Å². The second kappa shape index (κ2) is 8.48. The first-order valence-corrected chi connectivity index (χ1v) is 7.75. The first kappa shape index (κ1) is 15.6. The number of phenols is 1. The second-order valence-corrected chi connectivity index (χ2v) is 5.36. The molecule has 0 bridgehead atoms. The van der Waals surface area contributed by atoms with E-state index in [2.05, 4.69) is 31.2 Å². The molecule has 0 saturated heterocycles. The largest absolute Gasteiger partial charge is 0.508 e. The maximum absolute atomic E-state index is 9.31. The molecular formula is C19H24O2. The highest BCUT2D eigenvalue weighted by Crippen LogP contribution is 2.22. The summed E-state index contributed by atoms with van der Waals surface area (Å²) in [5.41, 5.74) is 3.47. The fourth-order valence-electron chi connectivity index (χ4n) is 2.27. The van der Waals surface area contributed by atoms with E-state index in [1.807, 2.05) is 12.1 Å². The molecule has 0 aliphatic carbocycles. The Hall–Kier alpha value is -1.80. The van der Waals surface area contributed by atoms with Crippen LogP contribution in [0.4, 0.5) is 0 Å². The average molecular weight is 284 g/mol. The van der Waals surface area contributed by atoms with Crippen molar-refractivity contribution in [3.8, 4) is 16.9 Å². The summed E-state index contributed by atoms with van der Waals surface area (Å²) in [6.07, 6.45) is 4.97. The third kappa shape index (κ3) is 5.24. The lowest BCUT2D eigenvalue weighted by Gasteiger charge is -2.06. The van der Waals surface area contributed by atoms with Crippen molar-refractivity contribution in [1.82, 2.24) is 0 Å². The zero-order valence-corrected chi connectivity index (χ0v) is 12.7. The van der Waals surface area contributed by atoms with Crippen LogP contribution in [-0.2, 0) is 11.3 Å². The molecule has 2 heteroatoms. The standard InChI is InChI=1S/C19H24O2/c1-2-3-4-5-14-21-15-16-6-8-17(9-7-16)18-10-12-19(20)13-11-18/h6-13,20H,2-5,14-15H2,1H3. The molecule has 2 aromatic carbocycles. The molecule has 0 amide bonds. The van der Waals surface area contributed by atoms with Gasteiger partial charge < -0.3 is 9.84 Å². The molecule has 2 nitrogen and oxygen atoms in total. The first-order valence-electron chi connectivity index (χ1n) is 7.75. The van der Waals surface area contributed by atoms with Gasteiger partial charge in [-0.25, -0.2) is 0 Å². The van der Waals surface area contributed by atoms with Gasteiger partial charge in [-0.3, -0.25) is 0 Å². The lowest BCUT2D eigenvalue weighted by molar-refractivity contribution is 0.117. The van der Waals surface area contributed by atoms with E-state index in [-0.39, 0.29) is 0 Å². The molecule has 2 aromatic rings. The van der Waals surface area contributed by atoms with Gasteiger partial charge >= 0.3 is 0 Å². The summed E-state index contributed by atoms with van der Waals surface area (Å²) >= 11 is 0. The molecule has 21 heavy (non-hydrogen) atoms. The van der Waals surface area contributed by atoms with Crippen LogP contribution in [0.2, 0.25) is 0 Å². The Kier molecular flexibility index (Phi) is 6.29. The van der Waals surface area contributed by atoms with Gasteiger partial charge in [0.15, 0.2) is 0 Å². The van der Waals surface area contributed by atoms with Crippen LogP contribution in [-0.4, -0.2) is 11.7 Å². The quantitative estimate of drug-likeness (QED) is 0.679. The lowest BCUT2D eigenvalue weighted by Crippen LogP contribution is -1.95. The summed E-state index contributed by atoms with van der Waals surface area (Å²) < 4.78 is 5.69. The molecule has 0 radical (unpaired) electrons. The van der Waals surface area contributed by atoms with Crippen molar-refractivity contribution in [2.75, 3.05) is 6.61 Å².